The van der Waals surface area contributed by atoms with Crippen molar-refractivity contribution in [2.24, 2.45) is 5.92 Å². The Morgan fingerprint density at radius 2 is 2.14 bits per heavy atom. The number of nitrogens with zero attached hydrogens (tertiary/aromatic N) is 1. The number of piperidine rings is 1. The molecule has 14 heavy (non-hydrogen) atoms. The summed E-state index contributed by atoms with van der Waals surface area (Å²) >= 11 is 0. The molecule has 0 aliphatic carbocycles. The molecule has 0 amide bonds. The first-order valence-electron chi connectivity index (χ1n) is 5.11. The van der Waals surface area contributed by atoms with Crippen molar-refractivity contribution in [2.75, 3.05) is 26.8 Å². The van der Waals surface area contributed by atoms with E-state index in [9.17, 15) is 4.79 Å². The van der Waals surface area contributed by atoms with Gasteiger partial charge in [0.1, 0.15) is 6.04 Å². The summed E-state index contributed by atoms with van der Waals surface area (Å²) in [6, 6.07) is -0.465. The Balaban J connectivity index is 2.47. The van der Waals surface area contributed by atoms with Crippen LogP contribution in [0.15, 0.2) is 0 Å². The maximum Gasteiger partial charge on any atom is 0.323 e. The second-order valence-corrected chi connectivity index (χ2v) is 4.03. The molecular weight excluding hydrogens is 182 g/mol. The van der Waals surface area contributed by atoms with Crippen molar-refractivity contribution < 1.29 is 14.6 Å². The zero-order valence-corrected chi connectivity index (χ0v) is 8.90. The van der Waals surface area contributed by atoms with Crippen molar-refractivity contribution in [3.63, 3.8) is 0 Å². The lowest BCUT2D eigenvalue weighted by Crippen LogP contribution is -2.47. The first-order valence-corrected chi connectivity index (χ1v) is 5.11. The summed E-state index contributed by atoms with van der Waals surface area (Å²) in [7, 11) is 1.54. The topological polar surface area (TPSA) is 49.8 Å². The zero-order valence-electron chi connectivity index (χ0n) is 8.90. The molecule has 0 aromatic rings. The van der Waals surface area contributed by atoms with Gasteiger partial charge in [0.2, 0.25) is 0 Å². The molecule has 1 saturated heterocycles. The number of carboxylic acids is 1. The fourth-order valence-corrected chi connectivity index (χ4v) is 1.83. The lowest BCUT2D eigenvalue weighted by molar-refractivity contribution is -0.146. The number of ether oxygens (including phenoxy) is 1. The maximum atomic E-state index is 10.9. The minimum Gasteiger partial charge on any atom is -0.480 e. The van der Waals surface area contributed by atoms with Gasteiger partial charge in [-0.25, -0.2) is 0 Å². The van der Waals surface area contributed by atoms with Crippen molar-refractivity contribution in [2.45, 2.75) is 25.8 Å². The number of methoxy groups -OCH3 is 1. The number of aliphatic carboxylic acids is 1. The van der Waals surface area contributed by atoms with E-state index in [1.807, 2.05) is 4.90 Å². The van der Waals surface area contributed by atoms with Gasteiger partial charge in [0.25, 0.3) is 0 Å². The number of hydrogen-bond acceptors (Lipinski definition) is 3. The fraction of sp³-hybridized carbons (Fsp3) is 0.900. The van der Waals surface area contributed by atoms with Crippen LogP contribution in [-0.4, -0.2) is 48.8 Å². The number of hydrogen-bond donors (Lipinski definition) is 1. The standard InChI is InChI=1S/C10H19NO3/c1-8-3-5-11(6-4-8)9(7-14-2)10(12)13/h8-9H,3-7H2,1-2H3,(H,12,13). The first kappa shape index (κ1) is 11.5. The monoisotopic (exact) mass is 201 g/mol. The average Bonchev–Trinajstić information content (AvgIpc) is 2.15. The largest absolute Gasteiger partial charge is 0.480 e. The van der Waals surface area contributed by atoms with E-state index in [4.69, 9.17) is 9.84 Å². The third-order valence-electron chi connectivity index (χ3n) is 2.87. The summed E-state index contributed by atoms with van der Waals surface area (Å²) < 4.78 is 4.92. The lowest BCUT2D eigenvalue weighted by Gasteiger charge is -2.34. The van der Waals surface area contributed by atoms with E-state index in [0.717, 1.165) is 31.8 Å². The highest BCUT2D eigenvalue weighted by Gasteiger charge is 2.28. The summed E-state index contributed by atoms with van der Waals surface area (Å²) in [6.45, 7) is 4.25. The highest BCUT2D eigenvalue weighted by atomic mass is 16.5. The molecule has 0 saturated carbocycles. The van der Waals surface area contributed by atoms with Crippen molar-refractivity contribution >= 4 is 5.97 Å². The van der Waals surface area contributed by atoms with Crippen LogP contribution in [0, 0.1) is 5.92 Å². The summed E-state index contributed by atoms with van der Waals surface area (Å²) in [5, 5.41) is 9.00. The molecule has 1 unspecified atom stereocenters. The average molecular weight is 201 g/mol. The Morgan fingerprint density at radius 1 is 1.57 bits per heavy atom. The third kappa shape index (κ3) is 2.96. The summed E-state index contributed by atoms with van der Waals surface area (Å²) in [5.74, 6) is -0.0513. The van der Waals surface area contributed by atoms with Crippen LogP contribution >= 0.6 is 0 Å². The second-order valence-electron chi connectivity index (χ2n) is 4.03. The molecule has 1 fully saturated rings. The van der Waals surface area contributed by atoms with Crippen LogP contribution in [0.5, 0.6) is 0 Å². The highest BCUT2D eigenvalue weighted by Crippen LogP contribution is 2.18. The van der Waals surface area contributed by atoms with Crippen LogP contribution in [0.1, 0.15) is 19.8 Å². The number of carbonyl (C=O) groups is 1. The summed E-state index contributed by atoms with van der Waals surface area (Å²) in [4.78, 5) is 13.0. The van der Waals surface area contributed by atoms with E-state index < -0.39 is 12.0 Å². The molecule has 0 bridgehead atoms. The van der Waals surface area contributed by atoms with Crippen LogP contribution in [0.25, 0.3) is 0 Å². The van der Waals surface area contributed by atoms with Gasteiger partial charge in [0.15, 0.2) is 0 Å². The highest BCUT2D eigenvalue weighted by molar-refractivity contribution is 5.73. The van der Waals surface area contributed by atoms with Crippen molar-refractivity contribution in [3.8, 4) is 0 Å². The van der Waals surface area contributed by atoms with Gasteiger partial charge in [-0.2, -0.15) is 0 Å². The fourth-order valence-electron chi connectivity index (χ4n) is 1.83. The normalized spacial score (nSPS) is 22.1. The molecular formula is C10H19NO3. The van der Waals surface area contributed by atoms with Crippen LogP contribution in [0.2, 0.25) is 0 Å². The number of likely N-dealkylation sites (tertiary alicyclic amines) is 1. The summed E-state index contributed by atoms with van der Waals surface area (Å²) in [6.07, 6.45) is 2.18. The van der Waals surface area contributed by atoms with Gasteiger partial charge in [-0.15, -0.1) is 0 Å². The van der Waals surface area contributed by atoms with E-state index in [1.54, 1.807) is 7.11 Å². The Hall–Kier alpha value is -0.610. The number of carboxylic acid groups (broad SMARTS) is 1. The second kappa shape index (κ2) is 5.32. The first-order chi connectivity index (χ1) is 6.65. The SMILES string of the molecule is COCC(C(=O)O)N1CCC(C)CC1. The van der Waals surface area contributed by atoms with Gasteiger partial charge >= 0.3 is 5.97 Å². The van der Waals surface area contributed by atoms with Crippen molar-refractivity contribution in [3.05, 3.63) is 0 Å². The molecule has 0 radical (unpaired) electrons. The molecule has 1 atom stereocenters. The molecule has 82 valence electrons. The molecule has 4 nitrogen and oxygen atoms in total. The molecule has 0 spiro atoms. The Kier molecular flexibility index (Phi) is 4.35. The van der Waals surface area contributed by atoms with Crippen molar-refractivity contribution in [1.82, 2.24) is 4.90 Å². The molecule has 0 aromatic heterocycles. The minimum absolute atomic E-state index is 0.281. The smallest absolute Gasteiger partial charge is 0.323 e. The van der Waals surface area contributed by atoms with Crippen molar-refractivity contribution in [1.29, 1.82) is 0 Å². The van der Waals surface area contributed by atoms with Gasteiger partial charge in [-0.3, -0.25) is 9.69 Å². The lowest BCUT2D eigenvalue weighted by atomic mass is 9.98. The van der Waals surface area contributed by atoms with Crippen LogP contribution < -0.4 is 0 Å². The molecule has 1 N–H and O–H groups in total. The van der Waals surface area contributed by atoms with Crippen LogP contribution in [0.4, 0.5) is 0 Å². The zero-order chi connectivity index (χ0) is 10.6. The van der Waals surface area contributed by atoms with E-state index in [2.05, 4.69) is 6.92 Å². The van der Waals surface area contributed by atoms with Gasteiger partial charge in [-0.05, 0) is 31.8 Å². The predicted octanol–water partition coefficient (Wildman–Crippen LogP) is 0.818. The predicted molar refractivity (Wildman–Crippen MR) is 53.3 cm³/mol. The molecule has 1 aliphatic rings. The van der Waals surface area contributed by atoms with E-state index in [-0.39, 0.29) is 6.61 Å². The van der Waals surface area contributed by atoms with Crippen LogP contribution in [-0.2, 0) is 9.53 Å². The third-order valence-corrected chi connectivity index (χ3v) is 2.87. The molecule has 0 aromatic carbocycles. The number of rotatable bonds is 4. The molecule has 4 heteroatoms. The Morgan fingerprint density at radius 3 is 2.57 bits per heavy atom. The van der Waals surface area contributed by atoms with Gasteiger partial charge in [-0.1, -0.05) is 6.92 Å². The molecule has 1 rings (SSSR count). The summed E-state index contributed by atoms with van der Waals surface area (Å²) in [5.41, 5.74) is 0. The minimum atomic E-state index is -0.776. The van der Waals surface area contributed by atoms with Gasteiger partial charge in [0, 0.05) is 7.11 Å². The van der Waals surface area contributed by atoms with E-state index >= 15 is 0 Å². The Labute approximate surface area is 84.8 Å². The Bertz CT molecular complexity index is 188. The van der Waals surface area contributed by atoms with E-state index in [1.165, 1.54) is 0 Å². The van der Waals surface area contributed by atoms with Gasteiger partial charge < -0.3 is 9.84 Å². The van der Waals surface area contributed by atoms with Gasteiger partial charge in [0.05, 0.1) is 6.61 Å². The quantitative estimate of drug-likeness (QED) is 0.731. The molecule has 1 heterocycles. The van der Waals surface area contributed by atoms with E-state index in [0.29, 0.717) is 0 Å². The molecule has 1 aliphatic heterocycles. The van der Waals surface area contributed by atoms with Crippen LogP contribution in [0.3, 0.4) is 0 Å². The maximum absolute atomic E-state index is 10.9.